The van der Waals surface area contributed by atoms with E-state index in [2.05, 4.69) is 13.8 Å². The second-order valence-electron chi connectivity index (χ2n) is 6.61. The van der Waals surface area contributed by atoms with E-state index < -0.39 is 0 Å². The van der Waals surface area contributed by atoms with Crippen molar-refractivity contribution in [3.8, 4) is 0 Å². The molecule has 0 saturated heterocycles. The van der Waals surface area contributed by atoms with E-state index in [9.17, 15) is 0 Å². The summed E-state index contributed by atoms with van der Waals surface area (Å²) in [5.74, 6) is 3.69. The van der Waals surface area contributed by atoms with Crippen LogP contribution in [0.5, 0.6) is 0 Å². The van der Waals surface area contributed by atoms with Crippen molar-refractivity contribution in [1.29, 1.82) is 0 Å². The minimum absolute atomic E-state index is 0.518. The predicted molar refractivity (Wildman–Crippen MR) is 74.8 cm³/mol. The van der Waals surface area contributed by atoms with E-state index in [1.807, 2.05) is 0 Å². The molecule has 0 bridgehead atoms. The summed E-state index contributed by atoms with van der Waals surface area (Å²) >= 11 is 0. The molecule has 0 aromatic carbocycles. The van der Waals surface area contributed by atoms with E-state index in [1.54, 1.807) is 0 Å². The first-order valence-corrected chi connectivity index (χ1v) is 8.00. The van der Waals surface area contributed by atoms with Crippen molar-refractivity contribution in [3.05, 3.63) is 0 Å². The third-order valence-electron chi connectivity index (χ3n) is 5.72. The van der Waals surface area contributed by atoms with Gasteiger partial charge >= 0.3 is 0 Å². The summed E-state index contributed by atoms with van der Waals surface area (Å²) in [4.78, 5) is 0. The van der Waals surface area contributed by atoms with Crippen LogP contribution >= 0.6 is 0 Å². The Balaban J connectivity index is 1.78. The number of nitrogens with two attached hydrogens (primary N) is 1. The lowest BCUT2D eigenvalue weighted by atomic mass is 9.74. The lowest BCUT2D eigenvalue weighted by Crippen LogP contribution is -2.38. The minimum atomic E-state index is 0.518. The van der Waals surface area contributed by atoms with E-state index in [0.717, 1.165) is 23.7 Å². The fourth-order valence-corrected chi connectivity index (χ4v) is 4.20. The average molecular weight is 237 g/mol. The van der Waals surface area contributed by atoms with Gasteiger partial charge in [0.15, 0.2) is 0 Å². The van der Waals surface area contributed by atoms with Crippen molar-refractivity contribution in [2.75, 3.05) is 0 Å². The van der Waals surface area contributed by atoms with Gasteiger partial charge in [-0.3, -0.25) is 0 Å². The maximum absolute atomic E-state index is 6.56. The largest absolute Gasteiger partial charge is 0.327 e. The molecule has 3 unspecified atom stereocenters. The molecule has 1 nitrogen and oxygen atoms in total. The van der Waals surface area contributed by atoms with Gasteiger partial charge in [0.25, 0.3) is 0 Å². The minimum Gasteiger partial charge on any atom is -0.327 e. The Morgan fingerprint density at radius 2 is 1.35 bits per heavy atom. The normalized spacial score (nSPS) is 40.4. The van der Waals surface area contributed by atoms with Gasteiger partial charge < -0.3 is 5.73 Å². The number of hydrogen-bond acceptors (Lipinski definition) is 1. The van der Waals surface area contributed by atoms with Crippen LogP contribution in [0, 0.1) is 23.7 Å². The predicted octanol–water partition coefficient (Wildman–Crippen LogP) is 4.36. The fourth-order valence-electron chi connectivity index (χ4n) is 4.20. The van der Waals surface area contributed by atoms with Gasteiger partial charge in [-0.1, -0.05) is 46.0 Å². The summed E-state index contributed by atoms with van der Waals surface area (Å²) < 4.78 is 0. The van der Waals surface area contributed by atoms with E-state index in [0.29, 0.717) is 6.04 Å². The summed E-state index contributed by atoms with van der Waals surface area (Å²) in [6.45, 7) is 4.68. The zero-order valence-corrected chi connectivity index (χ0v) is 11.8. The van der Waals surface area contributed by atoms with Gasteiger partial charge in [0.2, 0.25) is 0 Å². The molecule has 0 aromatic rings. The highest BCUT2D eigenvalue weighted by Crippen LogP contribution is 2.40. The van der Waals surface area contributed by atoms with Crippen LogP contribution in [-0.2, 0) is 0 Å². The molecule has 2 saturated carbocycles. The van der Waals surface area contributed by atoms with Crippen molar-refractivity contribution < 1.29 is 0 Å². The molecule has 0 radical (unpaired) electrons. The van der Waals surface area contributed by atoms with Crippen LogP contribution in [0.25, 0.3) is 0 Å². The zero-order valence-electron chi connectivity index (χ0n) is 11.8. The Bertz CT molecular complexity index is 218. The second kappa shape index (κ2) is 6.22. The Labute approximate surface area is 108 Å². The van der Waals surface area contributed by atoms with Gasteiger partial charge in [0.1, 0.15) is 0 Å². The molecule has 0 heterocycles. The van der Waals surface area contributed by atoms with E-state index in [4.69, 9.17) is 5.73 Å². The second-order valence-corrected chi connectivity index (χ2v) is 6.61. The SMILES string of the molecule is CCC1CCC(C(N)C2CCC(CC)C2)CC1. The summed E-state index contributed by atoms with van der Waals surface area (Å²) in [6.07, 6.45) is 12.7. The Morgan fingerprint density at radius 3 is 1.88 bits per heavy atom. The first kappa shape index (κ1) is 13.4. The molecular formula is C16H31N. The van der Waals surface area contributed by atoms with Gasteiger partial charge in [-0.2, -0.15) is 0 Å². The van der Waals surface area contributed by atoms with Gasteiger partial charge in [-0.05, 0) is 49.4 Å². The molecule has 2 rings (SSSR count). The van der Waals surface area contributed by atoms with Crippen molar-refractivity contribution in [2.45, 2.75) is 77.7 Å². The molecule has 3 atom stereocenters. The van der Waals surface area contributed by atoms with Crippen LogP contribution < -0.4 is 5.73 Å². The van der Waals surface area contributed by atoms with Crippen molar-refractivity contribution >= 4 is 0 Å². The molecule has 0 aliphatic heterocycles. The topological polar surface area (TPSA) is 26.0 Å². The standard InChI is InChI=1S/C16H31N/c1-3-12-5-8-14(9-6-12)16(17)15-10-7-13(4-2)11-15/h12-16H,3-11,17H2,1-2H3. The summed E-state index contributed by atoms with van der Waals surface area (Å²) in [5.41, 5.74) is 6.56. The molecule has 2 fully saturated rings. The molecule has 0 amide bonds. The van der Waals surface area contributed by atoms with Gasteiger partial charge in [0, 0.05) is 6.04 Å². The monoisotopic (exact) mass is 237 g/mol. The maximum Gasteiger partial charge on any atom is 0.00957 e. The Hall–Kier alpha value is -0.0400. The first-order valence-electron chi connectivity index (χ1n) is 8.00. The maximum atomic E-state index is 6.56. The third kappa shape index (κ3) is 3.24. The lowest BCUT2D eigenvalue weighted by molar-refractivity contribution is 0.201. The summed E-state index contributed by atoms with van der Waals surface area (Å²) in [6, 6.07) is 0.518. The van der Waals surface area contributed by atoms with Crippen LogP contribution in [0.2, 0.25) is 0 Å². The van der Waals surface area contributed by atoms with E-state index >= 15 is 0 Å². The van der Waals surface area contributed by atoms with Crippen LogP contribution in [-0.4, -0.2) is 6.04 Å². The highest BCUT2D eigenvalue weighted by atomic mass is 14.7. The van der Waals surface area contributed by atoms with Crippen molar-refractivity contribution in [3.63, 3.8) is 0 Å². The van der Waals surface area contributed by atoms with Gasteiger partial charge in [-0.15, -0.1) is 0 Å². The zero-order chi connectivity index (χ0) is 12.3. The molecule has 17 heavy (non-hydrogen) atoms. The van der Waals surface area contributed by atoms with Crippen LogP contribution in [0.15, 0.2) is 0 Å². The van der Waals surface area contributed by atoms with Crippen LogP contribution in [0.1, 0.15) is 71.6 Å². The molecule has 0 spiro atoms. The molecule has 1 heteroatoms. The molecule has 2 N–H and O–H groups in total. The Morgan fingerprint density at radius 1 is 0.824 bits per heavy atom. The first-order chi connectivity index (χ1) is 8.24. The van der Waals surface area contributed by atoms with E-state index in [-0.39, 0.29) is 0 Å². The third-order valence-corrected chi connectivity index (χ3v) is 5.72. The summed E-state index contributed by atoms with van der Waals surface area (Å²) in [7, 11) is 0. The van der Waals surface area contributed by atoms with Gasteiger partial charge in [-0.25, -0.2) is 0 Å². The highest BCUT2D eigenvalue weighted by Gasteiger charge is 2.33. The lowest BCUT2D eigenvalue weighted by Gasteiger charge is -2.34. The smallest absolute Gasteiger partial charge is 0.00957 e. The van der Waals surface area contributed by atoms with Gasteiger partial charge in [0.05, 0.1) is 0 Å². The highest BCUT2D eigenvalue weighted by molar-refractivity contribution is 4.88. The molecule has 2 aliphatic carbocycles. The van der Waals surface area contributed by atoms with Crippen molar-refractivity contribution in [2.24, 2.45) is 29.4 Å². The van der Waals surface area contributed by atoms with Crippen molar-refractivity contribution in [1.82, 2.24) is 0 Å². The molecule has 2 aliphatic rings. The average Bonchev–Trinajstić information content (AvgIpc) is 2.87. The van der Waals surface area contributed by atoms with E-state index in [1.165, 1.54) is 57.8 Å². The fraction of sp³-hybridized carbons (Fsp3) is 1.00. The quantitative estimate of drug-likeness (QED) is 0.772. The summed E-state index contributed by atoms with van der Waals surface area (Å²) in [5, 5.41) is 0. The molecule has 100 valence electrons. The van der Waals surface area contributed by atoms with Crippen LogP contribution in [0.4, 0.5) is 0 Å². The number of hydrogen-bond donors (Lipinski definition) is 1. The molecule has 0 aromatic heterocycles. The Kier molecular flexibility index (Phi) is 4.90. The van der Waals surface area contributed by atoms with Crippen LogP contribution in [0.3, 0.4) is 0 Å². The number of rotatable bonds is 4. The molecular weight excluding hydrogens is 206 g/mol.